The first-order valence-electron chi connectivity index (χ1n) is 9.03. The van der Waals surface area contributed by atoms with E-state index >= 15 is 0 Å². The van der Waals surface area contributed by atoms with E-state index in [-0.39, 0.29) is 0 Å². The fourth-order valence-corrected chi connectivity index (χ4v) is 2.97. The highest BCUT2D eigenvalue weighted by molar-refractivity contribution is 5.23. The molecule has 116 valence electrons. The predicted molar refractivity (Wildman–Crippen MR) is 90.3 cm³/mol. The van der Waals surface area contributed by atoms with Gasteiger partial charge < -0.3 is 4.98 Å². The molecule has 1 aromatic heterocycles. The number of aromatic nitrogens is 1. The average Bonchev–Trinajstić information content (AvgIpc) is 2.89. The van der Waals surface area contributed by atoms with E-state index in [0.717, 1.165) is 0 Å². The maximum absolute atomic E-state index is 3.27. The fourth-order valence-electron chi connectivity index (χ4n) is 2.97. The van der Waals surface area contributed by atoms with Crippen LogP contribution in [0.1, 0.15) is 95.6 Å². The van der Waals surface area contributed by atoms with Crippen molar-refractivity contribution in [2.24, 2.45) is 0 Å². The molecule has 20 heavy (non-hydrogen) atoms. The zero-order valence-corrected chi connectivity index (χ0v) is 13.8. The maximum atomic E-state index is 3.27. The van der Waals surface area contributed by atoms with Crippen LogP contribution >= 0.6 is 0 Å². The van der Waals surface area contributed by atoms with Crippen molar-refractivity contribution in [3.63, 3.8) is 0 Å². The topological polar surface area (TPSA) is 15.8 Å². The van der Waals surface area contributed by atoms with E-state index in [1.807, 2.05) is 0 Å². The molecule has 1 nitrogen and oxygen atoms in total. The Kier molecular flexibility index (Phi) is 10.4. The monoisotopic (exact) mass is 277 g/mol. The summed E-state index contributed by atoms with van der Waals surface area (Å²) < 4.78 is 0. The highest BCUT2D eigenvalue weighted by Crippen LogP contribution is 2.15. The first kappa shape index (κ1) is 17.3. The van der Waals surface area contributed by atoms with Gasteiger partial charge in [0.25, 0.3) is 0 Å². The molecular formula is C19H35N. The van der Waals surface area contributed by atoms with Crippen molar-refractivity contribution in [1.29, 1.82) is 0 Å². The van der Waals surface area contributed by atoms with Crippen LogP contribution in [0.2, 0.25) is 0 Å². The second-order valence-electron chi connectivity index (χ2n) is 6.19. The molecule has 0 unspecified atom stereocenters. The molecule has 1 aromatic rings. The summed E-state index contributed by atoms with van der Waals surface area (Å²) in [6.45, 7) is 4.55. The summed E-state index contributed by atoms with van der Waals surface area (Å²) in [6.07, 6.45) is 22.4. The van der Waals surface area contributed by atoms with Gasteiger partial charge in [-0.1, -0.05) is 78.1 Å². The van der Waals surface area contributed by atoms with Crippen LogP contribution in [0.5, 0.6) is 0 Å². The molecule has 0 aliphatic carbocycles. The molecule has 0 aliphatic heterocycles. The fraction of sp³-hybridized carbons (Fsp3) is 0.789. The Morgan fingerprint density at radius 3 is 1.65 bits per heavy atom. The van der Waals surface area contributed by atoms with E-state index in [4.69, 9.17) is 0 Å². The van der Waals surface area contributed by atoms with Crippen molar-refractivity contribution in [3.05, 3.63) is 23.5 Å². The Hall–Kier alpha value is -0.720. The highest BCUT2D eigenvalue weighted by atomic mass is 14.6. The van der Waals surface area contributed by atoms with Crippen LogP contribution in [0.3, 0.4) is 0 Å². The van der Waals surface area contributed by atoms with Crippen LogP contribution in [-0.2, 0) is 12.8 Å². The van der Waals surface area contributed by atoms with E-state index in [1.165, 1.54) is 83.5 Å². The summed E-state index contributed by atoms with van der Waals surface area (Å²) >= 11 is 0. The Morgan fingerprint density at radius 2 is 1.10 bits per heavy atom. The van der Waals surface area contributed by atoms with Gasteiger partial charge >= 0.3 is 0 Å². The van der Waals surface area contributed by atoms with Crippen LogP contribution in [0.4, 0.5) is 0 Å². The first-order chi connectivity index (χ1) is 9.88. The van der Waals surface area contributed by atoms with Crippen LogP contribution in [0, 0.1) is 0 Å². The molecule has 0 radical (unpaired) electrons. The number of aryl methyl sites for hydroxylation is 2. The SMILES string of the molecule is CCCCCCCCCCCCc1c[nH]cc1CCC. The van der Waals surface area contributed by atoms with E-state index in [2.05, 4.69) is 31.2 Å². The van der Waals surface area contributed by atoms with Crippen LogP contribution in [-0.4, -0.2) is 4.98 Å². The summed E-state index contributed by atoms with van der Waals surface area (Å²) in [6, 6.07) is 0. The summed E-state index contributed by atoms with van der Waals surface area (Å²) in [4.78, 5) is 3.27. The molecule has 0 amide bonds. The van der Waals surface area contributed by atoms with E-state index in [0.29, 0.717) is 0 Å². The minimum atomic E-state index is 1.23. The molecule has 0 aromatic carbocycles. The molecule has 0 aliphatic rings. The molecule has 0 atom stereocenters. The summed E-state index contributed by atoms with van der Waals surface area (Å²) in [5.41, 5.74) is 3.11. The van der Waals surface area contributed by atoms with E-state index in [1.54, 1.807) is 11.1 Å². The lowest BCUT2D eigenvalue weighted by molar-refractivity contribution is 0.556. The standard InChI is InChI=1S/C19H35N/c1-3-5-6-7-8-9-10-11-12-13-15-19-17-20-16-18(19)14-4-2/h16-17,20H,3-15H2,1-2H3. The maximum Gasteiger partial charge on any atom is 0.00401 e. The summed E-state index contributed by atoms with van der Waals surface area (Å²) in [5, 5.41) is 0. The quantitative estimate of drug-likeness (QED) is 0.400. The lowest BCUT2D eigenvalue weighted by atomic mass is 10.0. The van der Waals surface area contributed by atoms with Crippen molar-refractivity contribution in [2.45, 2.75) is 97.3 Å². The van der Waals surface area contributed by atoms with Gasteiger partial charge in [0.1, 0.15) is 0 Å². The predicted octanol–water partition coefficient (Wildman–Crippen LogP) is 6.43. The second kappa shape index (κ2) is 12.1. The third-order valence-corrected chi connectivity index (χ3v) is 4.25. The normalized spacial score (nSPS) is 11.1. The molecular weight excluding hydrogens is 242 g/mol. The Balaban J connectivity index is 1.93. The van der Waals surface area contributed by atoms with Gasteiger partial charge in [-0.25, -0.2) is 0 Å². The number of unbranched alkanes of at least 4 members (excludes halogenated alkanes) is 9. The smallest absolute Gasteiger partial charge is 0.00401 e. The Morgan fingerprint density at radius 1 is 0.600 bits per heavy atom. The zero-order chi connectivity index (χ0) is 14.5. The van der Waals surface area contributed by atoms with Crippen molar-refractivity contribution >= 4 is 0 Å². The van der Waals surface area contributed by atoms with Gasteiger partial charge in [-0.3, -0.25) is 0 Å². The third-order valence-electron chi connectivity index (χ3n) is 4.25. The molecule has 1 N–H and O–H groups in total. The molecule has 0 bridgehead atoms. The van der Waals surface area contributed by atoms with Gasteiger partial charge in [0.2, 0.25) is 0 Å². The lowest BCUT2D eigenvalue weighted by Gasteiger charge is -2.04. The summed E-state index contributed by atoms with van der Waals surface area (Å²) in [5.74, 6) is 0. The molecule has 1 heteroatoms. The molecule has 0 saturated carbocycles. The van der Waals surface area contributed by atoms with Gasteiger partial charge in [-0.2, -0.15) is 0 Å². The minimum Gasteiger partial charge on any atom is -0.367 e. The zero-order valence-electron chi connectivity index (χ0n) is 13.8. The third kappa shape index (κ3) is 7.77. The van der Waals surface area contributed by atoms with Gasteiger partial charge in [0.15, 0.2) is 0 Å². The van der Waals surface area contributed by atoms with Crippen molar-refractivity contribution < 1.29 is 0 Å². The number of aromatic amines is 1. The number of hydrogen-bond donors (Lipinski definition) is 1. The van der Waals surface area contributed by atoms with Gasteiger partial charge in [0.05, 0.1) is 0 Å². The van der Waals surface area contributed by atoms with Crippen LogP contribution in [0.15, 0.2) is 12.4 Å². The van der Waals surface area contributed by atoms with Crippen LogP contribution < -0.4 is 0 Å². The minimum absolute atomic E-state index is 1.23. The van der Waals surface area contributed by atoms with Gasteiger partial charge in [-0.05, 0) is 30.4 Å². The number of rotatable bonds is 13. The average molecular weight is 277 g/mol. The Bertz CT molecular complexity index is 313. The molecule has 0 saturated heterocycles. The number of hydrogen-bond acceptors (Lipinski definition) is 0. The van der Waals surface area contributed by atoms with Gasteiger partial charge in [-0.15, -0.1) is 0 Å². The van der Waals surface area contributed by atoms with Gasteiger partial charge in [0, 0.05) is 12.4 Å². The second-order valence-corrected chi connectivity index (χ2v) is 6.19. The Labute approximate surface area is 126 Å². The van der Waals surface area contributed by atoms with Crippen molar-refractivity contribution in [3.8, 4) is 0 Å². The van der Waals surface area contributed by atoms with Crippen molar-refractivity contribution in [1.82, 2.24) is 4.98 Å². The molecule has 1 heterocycles. The molecule has 0 fully saturated rings. The number of H-pyrrole nitrogens is 1. The lowest BCUT2D eigenvalue weighted by Crippen LogP contribution is -1.90. The number of nitrogens with one attached hydrogen (secondary N) is 1. The van der Waals surface area contributed by atoms with Crippen molar-refractivity contribution in [2.75, 3.05) is 0 Å². The van der Waals surface area contributed by atoms with E-state index in [9.17, 15) is 0 Å². The van der Waals surface area contributed by atoms with E-state index < -0.39 is 0 Å². The highest BCUT2D eigenvalue weighted by Gasteiger charge is 2.02. The molecule has 1 rings (SSSR count). The largest absolute Gasteiger partial charge is 0.367 e. The summed E-state index contributed by atoms with van der Waals surface area (Å²) in [7, 11) is 0. The first-order valence-corrected chi connectivity index (χ1v) is 9.03. The van der Waals surface area contributed by atoms with Crippen LogP contribution in [0.25, 0.3) is 0 Å². The molecule has 0 spiro atoms.